The van der Waals surface area contributed by atoms with Gasteiger partial charge in [0.15, 0.2) is 5.66 Å². The van der Waals surface area contributed by atoms with Crippen LogP contribution in [-0.2, 0) is 25.6 Å². The van der Waals surface area contributed by atoms with Crippen LogP contribution in [0, 0.1) is 5.92 Å². The molecule has 0 aliphatic heterocycles. The Labute approximate surface area is 179 Å². The molecule has 8 nitrogen and oxygen atoms in total. The molecule has 0 aromatic heterocycles. The molecule has 0 unspecified atom stereocenters. The number of hydrogen-bond acceptors (Lipinski definition) is 6. The van der Waals surface area contributed by atoms with Crippen molar-refractivity contribution in [3.05, 3.63) is 35.9 Å². The van der Waals surface area contributed by atoms with Gasteiger partial charge in [-0.2, -0.15) is 0 Å². The molecule has 1 rings (SSSR count). The van der Waals surface area contributed by atoms with Crippen molar-refractivity contribution in [2.45, 2.75) is 71.8 Å². The van der Waals surface area contributed by atoms with Crippen molar-refractivity contribution in [1.82, 2.24) is 10.2 Å². The summed E-state index contributed by atoms with van der Waals surface area (Å²) in [5, 5.41) is 2.64. The molecule has 2 atom stereocenters. The predicted octanol–water partition coefficient (Wildman–Crippen LogP) is 2.80. The molecule has 168 valence electrons. The Bertz CT molecular complexity index is 726. The maximum atomic E-state index is 13.5. The maximum Gasteiger partial charge on any atom is 0.408 e. The fraction of sp³-hybridized carbons (Fsp3) is 0.591. The van der Waals surface area contributed by atoms with Crippen LogP contribution in [0.15, 0.2) is 30.3 Å². The van der Waals surface area contributed by atoms with E-state index in [0.717, 1.165) is 5.56 Å². The van der Waals surface area contributed by atoms with Gasteiger partial charge in [-0.15, -0.1) is 0 Å². The zero-order valence-electron chi connectivity index (χ0n) is 19.0. The van der Waals surface area contributed by atoms with E-state index >= 15 is 0 Å². The second-order valence-electron chi connectivity index (χ2n) is 8.88. The minimum absolute atomic E-state index is 0.0758. The van der Waals surface area contributed by atoms with Crippen molar-refractivity contribution < 1.29 is 23.9 Å². The summed E-state index contributed by atoms with van der Waals surface area (Å²) in [7, 11) is 1.21. The lowest BCUT2D eigenvalue weighted by molar-refractivity contribution is -0.162. The zero-order chi connectivity index (χ0) is 23.1. The Morgan fingerprint density at radius 3 is 2.13 bits per heavy atom. The maximum absolute atomic E-state index is 13.5. The molecule has 0 heterocycles. The molecule has 0 radical (unpaired) electrons. The highest BCUT2D eigenvalue weighted by atomic mass is 16.6. The summed E-state index contributed by atoms with van der Waals surface area (Å²) in [5.41, 5.74) is 4.59. The van der Waals surface area contributed by atoms with Crippen molar-refractivity contribution in [2.24, 2.45) is 11.7 Å². The summed E-state index contributed by atoms with van der Waals surface area (Å²) >= 11 is 0. The van der Waals surface area contributed by atoms with Gasteiger partial charge in [0.25, 0.3) is 0 Å². The lowest BCUT2D eigenvalue weighted by Gasteiger charge is -2.38. The highest BCUT2D eigenvalue weighted by molar-refractivity contribution is 5.91. The Morgan fingerprint density at radius 2 is 1.67 bits per heavy atom. The van der Waals surface area contributed by atoms with E-state index in [-0.39, 0.29) is 12.5 Å². The molecule has 1 aromatic carbocycles. The minimum Gasteiger partial charge on any atom is -0.466 e. The molecule has 0 aliphatic rings. The minimum atomic E-state index is -1.73. The van der Waals surface area contributed by atoms with E-state index in [2.05, 4.69) is 5.32 Å². The van der Waals surface area contributed by atoms with Crippen LogP contribution in [-0.4, -0.2) is 47.3 Å². The first kappa shape index (κ1) is 25.4. The summed E-state index contributed by atoms with van der Waals surface area (Å²) in [5.74, 6) is -1.16. The Morgan fingerprint density at radius 1 is 1.10 bits per heavy atom. The number of rotatable bonds is 8. The number of nitrogens with one attached hydrogen (secondary N) is 1. The molecule has 0 fully saturated rings. The molecule has 1 aromatic rings. The number of amides is 2. The molecule has 0 saturated heterocycles. The number of methoxy groups -OCH3 is 1. The van der Waals surface area contributed by atoms with E-state index in [1.807, 2.05) is 44.2 Å². The number of carbonyl (C=O) groups excluding carboxylic acids is 3. The Hall–Kier alpha value is -2.61. The van der Waals surface area contributed by atoms with E-state index in [1.165, 1.54) is 18.9 Å². The summed E-state index contributed by atoms with van der Waals surface area (Å²) in [6.45, 7) is 10.6. The van der Waals surface area contributed by atoms with Crippen molar-refractivity contribution >= 4 is 18.0 Å². The monoisotopic (exact) mass is 421 g/mol. The first-order chi connectivity index (χ1) is 13.8. The van der Waals surface area contributed by atoms with Gasteiger partial charge in [0.05, 0.1) is 7.11 Å². The van der Waals surface area contributed by atoms with Crippen LogP contribution in [0.2, 0.25) is 0 Å². The average molecular weight is 422 g/mol. The molecule has 0 saturated carbocycles. The Kier molecular flexibility index (Phi) is 8.84. The number of alkyl carbamates (subject to hydrolysis) is 1. The lowest BCUT2D eigenvalue weighted by atomic mass is 10.00. The van der Waals surface area contributed by atoms with Gasteiger partial charge in [-0.25, -0.2) is 9.59 Å². The van der Waals surface area contributed by atoms with E-state index < -0.39 is 35.3 Å². The number of nitrogens with zero attached hydrogens (tertiary/aromatic N) is 1. The van der Waals surface area contributed by atoms with Crippen molar-refractivity contribution in [2.75, 3.05) is 7.11 Å². The highest BCUT2D eigenvalue weighted by Gasteiger charge is 2.42. The smallest absolute Gasteiger partial charge is 0.408 e. The Balaban J connectivity index is 3.25. The summed E-state index contributed by atoms with van der Waals surface area (Å²) in [6, 6.07) is 8.24. The lowest BCUT2D eigenvalue weighted by Crippen LogP contribution is -2.65. The quantitative estimate of drug-likeness (QED) is 0.493. The number of hydrogen-bond donors (Lipinski definition) is 2. The van der Waals surface area contributed by atoms with Gasteiger partial charge in [0.1, 0.15) is 11.6 Å². The summed E-state index contributed by atoms with van der Waals surface area (Å²) in [4.78, 5) is 39.5. The van der Waals surface area contributed by atoms with Crippen LogP contribution in [0.25, 0.3) is 0 Å². The van der Waals surface area contributed by atoms with Crippen molar-refractivity contribution in [3.63, 3.8) is 0 Å². The number of esters is 1. The molecule has 0 spiro atoms. The molecule has 30 heavy (non-hydrogen) atoms. The molecule has 0 bridgehead atoms. The molecular weight excluding hydrogens is 386 g/mol. The van der Waals surface area contributed by atoms with Gasteiger partial charge in [0, 0.05) is 6.54 Å². The third-order valence-corrected chi connectivity index (χ3v) is 4.31. The van der Waals surface area contributed by atoms with Gasteiger partial charge in [-0.05, 0) is 45.6 Å². The molecule has 8 heteroatoms. The largest absolute Gasteiger partial charge is 0.466 e. The molecule has 3 N–H and O–H groups in total. The number of ether oxygens (including phenoxy) is 2. The highest BCUT2D eigenvalue weighted by Crippen LogP contribution is 2.20. The van der Waals surface area contributed by atoms with E-state index in [1.54, 1.807) is 20.8 Å². The van der Waals surface area contributed by atoms with Gasteiger partial charge < -0.3 is 19.7 Å². The van der Waals surface area contributed by atoms with Crippen LogP contribution < -0.4 is 11.1 Å². The van der Waals surface area contributed by atoms with Crippen molar-refractivity contribution in [1.29, 1.82) is 0 Å². The van der Waals surface area contributed by atoms with Crippen molar-refractivity contribution in [3.8, 4) is 0 Å². The molecular formula is C22H35N3O5. The van der Waals surface area contributed by atoms with Gasteiger partial charge in [-0.1, -0.05) is 44.2 Å². The average Bonchev–Trinajstić information content (AvgIpc) is 2.63. The van der Waals surface area contributed by atoms with Gasteiger partial charge in [-0.3, -0.25) is 10.5 Å². The number of benzene rings is 1. The summed E-state index contributed by atoms with van der Waals surface area (Å²) < 4.78 is 10.1. The number of carbonyl (C=O) groups is 3. The zero-order valence-corrected chi connectivity index (χ0v) is 19.0. The standard InChI is InChI=1S/C22H35N3O5/c1-15(2)13-17(24-20(28)30-21(3,4)5)18(26)25(22(6,23)19(27)29-7)14-16-11-9-8-10-12-16/h8-12,15,17H,13-14,23H2,1-7H3,(H,24,28)/t17-,22+/m0/s1. The normalized spacial score (nSPS) is 14.4. The van der Waals surface area contributed by atoms with Crippen LogP contribution in [0.4, 0.5) is 4.79 Å². The topological polar surface area (TPSA) is 111 Å². The fourth-order valence-corrected chi connectivity index (χ4v) is 2.88. The second-order valence-corrected chi connectivity index (χ2v) is 8.88. The summed E-state index contributed by atoms with van der Waals surface area (Å²) in [6.07, 6.45) is -0.362. The van der Waals surface area contributed by atoms with Gasteiger partial charge >= 0.3 is 12.1 Å². The van der Waals surface area contributed by atoms with Crippen LogP contribution in [0.1, 0.15) is 53.5 Å². The molecule has 2 amide bonds. The van der Waals surface area contributed by atoms with E-state index in [0.29, 0.717) is 6.42 Å². The van der Waals surface area contributed by atoms with Crippen LogP contribution in [0.3, 0.4) is 0 Å². The van der Waals surface area contributed by atoms with Crippen LogP contribution in [0.5, 0.6) is 0 Å². The fourth-order valence-electron chi connectivity index (χ4n) is 2.88. The third-order valence-electron chi connectivity index (χ3n) is 4.31. The van der Waals surface area contributed by atoms with Crippen LogP contribution >= 0.6 is 0 Å². The SMILES string of the molecule is COC(=O)[C@](C)(N)N(Cc1ccccc1)C(=O)[C@H](CC(C)C)NC(=O)OC(C)(C)C. The first-order valence-electron chi connectivity index (χ1n) is 10.00. The molecule has 0 aliphatic carbocycles. The van der Waals surface area contributed by atoms with E-state index in [4.69, 9.17) is 15.2 Å². The predicted molar refractivity (Wildman–Crippen MR) is 114 cm³/mol. The second kappa shape index (κ2) is 10.4. The number of nitrogens with two attached hydrogens (primary N) is 1. The van der Waals surface area contributed by atoms with E-state index in [9.17, 15) is 14.4 Å². The van der Waals surface area contributed by atoms with Gasteiger partial charge in [0.2, 0.25) is 5.91 Å². The first-order valence-corrected chi connectivity index (χ1v) is 10.00. The third kappa shape index (κ3) is 7.67.